The molecule has 2 aromatic rings. The summed E-state index contributed by atoms with van der Waals surface area (Å²) in [5.41, 5.74) is 1.16. The molecule has 2 rings (SSSR count). The van der Waals surface area contributed by atoms with Crippen LogP contribution in [0, 0.1) is 0 Å². The number of hydrogen-bond acceptors (Lipinski definition) is 3. The molecular weight excluding hydrogens is 202 g/mol. The molecule has 0 saturated carbocycles. The van der Waals surface area contributed by atoms with Gasteiger partial charge in [-0.3, -0.25) is 4.79 Å². The highest BCUT2D eigenvalue weighted by molar-refractivity contribution is 6.31. The van der Waals surface area contributed by atoms with E-state index in [0.717, 1.165) is 6.29 Å². The van der Waals surface area contributed by atoms with Crippen LogP contribution in [0.15, 0.2) is 30.7 Å². The number of hydrogen-bond donors (Lipinski definition) is 0. The molecule has 0 aliphatic heterocycles. The highest BCUT2D eigenvalue weighted by atomic mass is 35.5. The van der Waals surface area contributed by atoms with Gasteiger partial charge in [0.25, 0.3) is 0 Å². The molecule has 14 heavy (non-hydrogen) atoms. The Bertz CT molecular complexity index is 467. The third-order valence-corrected chi connectivity index (χ3v) is 2.02. The van der Waals surface area contributed by atoms with Gasteiger partial charge in [0, 0.05) is 12.4 Å². The number of carbonyl (C=O) groups is 1. The van der Waals surface area contributed by atoms with Crippen molar-refractivity contribution < 1.29 is 4.79 Å². The van der Waals surface area contributed by atoms with Gasteiger partial charge in [-0.25, -0.2) is 9.67 Å². The predicted molar refractivity (Wildman–Crippen MR) is 51.8 cm³/mol. The maximum Gasteiger partial charge on any atom is 0.154 e. The number of aromatic nitrogens is 3. The van der Waals surface area contributed by atoms with E-state index in [9.17, 15) is 4.79 Å². The standard InChI is InChI=1S/C9H6ClN3O/c10-9-8(2-1-3-11-9)13-5-7(6-14)4-12-13/h1-6H. The first-order chi connectivity index (χ1) is 6.81. The van der Waals surface area contributed by atoms with Gasteiger partial charge in [0.05, 0.1) is 11.8 Å². The summed E-state index contributed by atoms with van der Waals surface area (Å²) in [5, 5.41) is 4.33. The summed E-state index contributed by atoms with van der Waals surface area (Å²) in [4.78, 5) is 14.3. The van der Waals surface area contributed by atoms with Crippen molar-refractivity contribution in [2.24, 2.45) is 0 Å². The van der Waals surface area contributed by atoms with Crippen LogP contribution in [0.5, 0.6) is 0 Å². The third-order valence-electron chi connectivity index (χ3n) is 1.72. The number of rotatable bonds is 2. The van der Waals surface area contributed by atoms with Crippen molar-refractivity contribution in [2.45, 2.75) is 0 Å². The van der Waals surface area contributed by atoms with Gasteiger partial charge in [-0.2, -0.15) is 5.10 Å². The van der Waals surface area contributed by atoms with Crippen LogP contribution in [0.2, 0.25) is 5.15 Å². The van der Waals surface area contributed by atoms with E-state index in [4.69, 9.17) is 11.6 Å². The summed E-state index contributed by atoms with van der Waals surface area (Å²) in [6, 6.07) is 3.53. The summed E-state index contributed by atoms with van der Waals surface area (Å²) in [6.45, 7) is 0. The van der Waals surface area contributed by atoms with E-state index < -0.39 is 0 Å². The SMILES string of the molecule is O=Cc1cnn(-c2cccnc2Cl)c1. The lowest BCUT2D eigenvalue weighted by Crippen LogP contribution is -1.95. The van der Waals surface area contributed by atoms with Gasteiger partial charge in [-0.1, -0.05) is 11.6 Å². The van der Waals surface area contributed by atoms with E-state index in [1.54, 1.807) is 24.5 Å². The van der Waals surface area contributed by atoms with Crippen molar-refractivity contribution in [1.82, 2.24) is 14.8 Å². The highest BCUT2D eigenvalue weighted by Gasteiger charge is 2.04. The van der Waals surface area contributed by atoms with Crippen molar-refractivity contribution in [2.75, 3.05) is 0 Å². The minimum atomic E-state index is 0.355. The molecular formula is C9H6ClN3O. The lowest BCUT2D eigenvalue weighted by Gasteiger charge is -2.01. The minimum Gasteiger partial charge on any atom is -0.298 e. The largest absolute Gasteiger partial charge is 0.298 e. The van der Waals surface area contributed by atoms with Crippen LogP contribution in [0.4, 0.5) is 0 Å². The van der Waals surface area contributed by atoms with E-state index in [-0.39, 0.29) is 0 Å². The molecule has 0 saturated heterocycles. The van der Waals surface area contributed by atoms with Crippen LogP contribution in [0.25, 0.3) is 5.69 Å². The van der Waals surface area contributed by atoms with Crippen LogP contribution in [0.3, 0.4) is 0 Å². The molecule has 0 atom stereocenters. The summed E-state index contributed by atoms with van der Waals surface area (Å²) in [6.07, 6.45) is 5.38. The van der Waals surface area contributed by atoms with Gasteiger partial charge in [0.15, 0.2) is 11.4 Å². The van der Waals surface area contributed by atoms with Gasteiger partial charge in [0.2, 0.25) is 0 Å². The van der Waals surface area contributed by atoms with Gasteiger partial charge < -0.3 is 0 Å². The van der Waals surface area contributed by atoms with Crippen molar-refractivity contribution in [3.8, 4) is 5.69 Å². The monoisotopic (exact) mass is 207 g/mol. The van der Waals surface area contributed by atoms with Crippen molar-refractivity contribution in [1.29, 1.82) is 0 Å². The van der Waals surface area contributed by atoms with Gasteiger partial charge >= 0.3 is 0 Å². The van der Waals surface area contributed by atoms with Crippen molar-refractivity contribution >= 4 is 17.9 Å². The Kier molecular flexibility index (Phi) is 2.28. The van der Waals surface area contributed by atoms with Gasteiger partial charge in [-0.05, 0) is 12.1 Å². The zero-order valence-corrected chi connectivity index (χ0v) is 7.85. The maximum atomic E-state index is 10.4. The fraction of sp³-hybridized carbons (Fsp3) is 0. The van der Waals surface area contributed by atoms with E-state index >= 15 is 0 Å². The molecule has 0 amide bonds. The van der Waals surface area contributed by atoms with E-state index in [2.05, 4.69) is 10.1 Å². The van der Waals surface area contributed by atoms with Crippen LogP contribution < -0.4 is 0 Å². The van der Waals surface area contributed by atoms with Crippen LogP contribution in [-0.4, -0.2) is 21.1 Å². The van der Waals surface area contributed by atoms with Crippen LogP contribution >= 0.6 is 11.6 Å². The number of pyridine rings is 1. The lowest BCUT2D eigenvalue weighted by molar-refractivity contribution is 0.112. The molecule has 5 heteroatoms. The topological polar surface area (TPSA) is 47.8 Å². The van der Waals surface area contributed by atoms with Crippen LogP contribution in [-0.2, 0) is 0 Å². The fourth-order valence-electron chi connectivity index (χ4n) is 1.08. The molecule has 4 nitrogen and oxygen atoms in total. The van der Waals surface area contributed by atoms with Gasteiger partial charge in [-0.15, -0.1) is 0 Å². The molecule has 2 heterocycles. The molecule has 0 radical (unpaired) electrons. The molecule has 0 N–H and O–H groups in total. The summed E-state index contributed by atoms with van der Waals surface area (Å²) < 4.78 is 1.51. The molecule has 0 aliphatic rings. The first kappa shape index (κ1) is 8.90. The third kappa shape index (κ3) is 1.52. The molecule has 2 aromatic heterocycles. The molecule has 70 valence electrons. The molecule has 0 unspecified atom stereocenters. The Morgan fingerprint density at radius 3 is 3.00 bits per heavy atom. The quantitative estimate of drug-likeness (QED) is 0.557. The van der Waals surface area contributed by atoms with Crippen molar-refractivity contribution in [3.05, 3.63) is 41.4 Å². The fourth-order valence-corrected chi connectivity index (χ4v) is 1.28. The average Bonchev–Trinajstić information content (AvgIpc) is 2.67. The Morgan fingerprint density at radius 1 is 1.50 bits per heavy atom. The predicted octanol–water partition coefficient (Wildman–Crippen LogP) is 1.73. The second-order valence-corrected chi connectivity index (χ2v) is 3.01. The maximum absolute atomic E-state index is 10.4. The first-order valence-electron chi connectivity index (χ1n) is 3.92. The Morgan fingerprint density at radius 2 is 2.36 bits per heavy atom. The number of halogens is 1. The smallest absolute Gasteiger partial charge is 0.154 e. The molecule has 0 spiro atoms. The summed E-state index contributed by atoms with van der Waals surface area (Å²) >= 11 is 5.85. The van der Waals surface area contributed by atoms with E-state index in [1.165, 1.54) is 10.9 Å². The zero-order valence-electron chi connectivity index (χ0n) is 7.09. The normalized spacial score (nSPS) is 10.1. The number of carbonyl (C=O) groups excluding carboxylic acids is 1. The highest BCUT2D eigenvalue weighted by Crippen LogP contribution is 2.15. The summed E-state index contributed by atoms with van der Waals surface area (Å²) in [7, 11) is 0. The molecule has 0 fully saturated rings. The number of nitrogens with zero attached hydrogens (tertiary/aromatic N) is 3. The zero-order chi connectivity index (χ0) is 9.97. The number of aldehydes is 1. The second-order valence-electron chi connectivity index (χ2n) is 2.65. The van der Waals surface area contributed by atoms with Gasteiger partial charge in [0.1, 0.15) is 5.69 Å². The van der Waals surface area contributed by atoms with Crippen LogP contribution in [0.1, 0.15) is 10.4 Å². The Balaban J connectivity index is 2.49. The lowest BCUT2D eigenvalue weighted by atomic mass is 10.4. The minimum absolute atomic E-state index is 0.355. The van der Waals surface area contributed by atoms with E-state index in [0.29, 0.717) is 16.4 Å². The van der Waals surface area contributed by atoms with E-state index in [1.807, 2.05) is 0 Å². The second kappa shape index (κ2) is 3.59. The summed E-state index contributed by atoms with van der Waals surface area (Å²) in [5.74, 6) is 0. The molecule has 0 bridgehead atoms. The molecule has 0 aromatic carbocycles. The Labute approximate surface area is 85.1 Å². The average molecular weight is 208 g/mol. The first-order valence-corrected chi connectivity index (χ1v) is 4.30. The molecule has 0 aliphatic carbocycles. The van der Waals surface area contributed by atoms with Crippen molar-refractivity contribution in [3.63, 3.8) is 0 Å². The Hall–Kier alpha value is -1.68.